The number of nitrogens with one attached hydrogen (secondary N) is 2. The third-order valence-electron chi connectivity index (χ3n) is 5.38. The fourth-order valence-corrected chi connectivity index (χ4v) is 5.36. The highest BCUT2D eigenvalue weighted by Gasteiger charge is 2.33. The monoisotopic (exact) mass is 446 g/mol. The summed E-state index contributed by atoms with van der Waals surface area (Å²) in [5.41, 5.74) is 1.75. The molecule has 1 aromatic heterocycles. The average molecular weight is 447 g/mol. The molecule has 4 rings (SSSR count). The summed E-state index contributed by atoms with van der Waals surface area (Å²) in [5.74, 6) is 0.0950. The van der Waals surface area contributed by atoms with Crippen molar-refractivity contribution in [2.45, 2.75) is 30.7 Å². The van der Waals surface area contributed by atoms with Crippen LogP contribution in [0.2, 0.25) is 5.02 Å². The van der Waals surface area contributed by atoms with Gasteiger partial charge in [-0.1, -0.05) is 23.7 Å². The molecule has 1 fully saturated rings. The molecule has 2 N–H and O–H groups in total. The average Bonchev–Trinajstić information content (AvgIpc) is 3.19. The minimum absolute atomic E-state index is 0.156. The number of carbonyl (C=O) groups excluding carboxylic acids is 1. The van der Waals surface area contributed by atoms with E-state index in [0.29, 0.717) is 30.2 Å². The Hall–Kier alpha value is -2.42. The molecule has 7 nitrogen and oxygen atoms in total. The first-order valence-electron chi connectivity index (χ1n) is 9.85. The molecule has 9 heteroatoms. The first-order chi connectivity index (χ1) is 14.3. The van der Waals surface area contributed by atoms with Gasteiger partial charge in [-0.05, 0) is 56.2 Å². The third kappa shape index (κ3) is 4.21. The van der Waals surface area contributed by atoms with Crippen molar-refractivity contribution in [1.82, 2.24) is 19.6 Å². The van der Waals surface area contributed by atoms with Crippen LogP contribution in [0.25, 0.3) is 11.0 Å². The Balaban J connectivity index is 1.44. The van der Waals surface area contributed by atoms with Crippen LogP contribution in [0.5, 0.6) is 0 Å². The molecule has 0 radical (unpaired) electrons. The van der Waals surface area contributed by atoms with E-state index >= 15 is 0 Å². The van der Waals surface area contributed by atoms with Gasteiger partial charge in [0.2, 0.25) is 15.9 Å². The molecule has 0 aliphatic carbocycles. The first kappa shape index (κ1) is 20.8. The number of rotatable bonds is 5. The second kappa shape index (κ2) is 8.37. The highest BCUT2D eigenvalue weighted by molar-refractivity contribution is 7.89. The van der Waals surface area contributed by atoms with Gasteiger partial charge in [0.1, 0.15) is 5.82 Å². The lowest BCUT2D eigenvalue weighted by Crippen LogP contribution is -2.45. The molecule has 2 unspecified atom stereocenters. The Labute approximate surface area is 180 Å². The molecule has 158 valence electrons. The molecular formula is C21H23ClN4O3S. The van der Waals surface area contributed by atoms with Gasteiger partial charge in [-0.3, -0.25) is 4.79 Å². The molecule has 0 spiro atoms. The highest BCUT2D eigenvalue weighted by Crippen LogP contribution is 2.25. The van der Waals surface area contributed by atoms with Crippen LogP contribution in [0, 0.1) is 5.92 Å². The van der Waals surface area contributed by atoms with E-state index in [-0.39, 0.29) is 23.4 Å². The molecule has 2 heterocycles. The molecule has 30 heavy (non-hydrogen) atoms. The zero-order chi connectivity index (χ0) is 21.3. The predicted octanol–water partition coefficient (Wildman–Crippen LogP) is 3.49. The fourth-order valence-electron chi connectivity index (χ4n) is 3.71. The highest BCUT2D eigenvalue weighted by atomic mass is 35.5. The number of benzene rings is 2. The quantitative estimate of drug-likeness (QED) is 0.627. The summed E-state index contributed by atoms with van der Waals surface area (Å²) < 4.78 is 27.3. The second-order valence-corrected chi connectivity index (χ2v) is 9.90. The van der Waals surface area contributed by atoms with Gasteiger partial charge in [-0.25, -0.2) is 13.4 Å². The molecular weight excluding hydrogens is 424 g/mol. The summed E-state index contributed by atoms with van der Waals surface area (Å²) in [7, 11) is -3.67. The Morgan fingerprint density at radius 2 is 1.97 bits per heavy atom. The normalized spacial score (nSPS) is 18.9. The summed E-state index contributed by atoms with van der Waals surface area (Å²) in [6.07, 6.45) is 1.27. The minimum atomic E-state index is -3.67. The number of aromatic nitrogens is 2. The Kier molecular flexibility index (Phi) is 5.81. The van der Waals surface area contributed by atoms with Gasteiger partial charge >= 0.3 is 0 Å². The zero-order valence-electron chi connectivity index (χ0n) is 16.5. The van der Waals surface area contributed by atoms with E-state index in [1.54, 1.807) is 12.1 Å². The predicted molar refractivity (Wildman–Crippen MR) is 116 cm³/mol. The number of para-hydroxylation sites is 2. The number of sulfonamides is 1. The number of imidazole rings is 1. The summed E-state index contributed by atoms with van der Waals surface area (Å²) in [6.45, 7) is 2.41. The van der Waals surface area contributed by atoms with Gasteiger partial charge in [0.25, 0.3) is 0 Å². The lowest BCUT2D eigenvalue weighted by molar-refractivity contribution is -0.126. The van der Waals surface area contributed by atoms with Gasteiger partial charge in [0.15, 0.2) is 0 Å². The number of hydrogen-bond donors (Lipinski definition) is 2. The number of amides is 1. The van der Waals surface area contributed by atoms with Crippen LogP contribution in [0.4, 0.5) is 0 Å². The smallest absolute Gasteiger partial charge is 0.243 e. The van der Waals surface area contributed by atoms with Crippen molar-refractivity contribution in [3.8, 4) is 0 Å². The van der Waals surface area contributed by atoms with E-state index in [2.05, 4.69) is 15.3 Å². The number of hydrogen-bond acceptors (Lipinski definition) is 4. The van der Waals surface area contributed by atoms with Crippen molar-refractivity contribution >= 4 is 38.6 Å². The maximum atomic E-state index is 12.9. The third-order valence-corrected chi connectivity index (χ3v) is 7.51. The van der Waals surface area contributed by atoms with Crippen LogP contribution >= 0.6 is 11.6 Å². The van der Waals surface area contributed by atoms with Gasteiger partial charge in [-0.15, -0.1) is 0 Å². The van der Waals surface area contributed by atoms with Crippen LogP contribution in [-0.4, -0.2) is 41.7 Å². The lowest BCUT2D eigenvalue weighted by Gasteiger charge is -2.31. The van der Waals surface area contributed by atoms with E-state index in [4.69, 9.17) is 11.6 Å². The Morgan fingerprint density at radius 3 is 2.70 bits per heavy atom. The summed E-state index contributed by atoms with van der Waals surface area (Å²) in [5, 5.41) is 3.45. The number of halogens is 1. The van der Waals surface area contributed by atoms with Crippen molar-refractivity contribution in [2.75, 3.05) is 13.1 Å². The van der Waals surface area contributed by atoms with Gasteiger partial charge in [-0.2, -0.15) is 4.31 Å². The number of piperidine rings is 1. The standard InChI is InChI=1S/C21H23ClN4O3S/c1-14(20-24-18-6-2-3-7-19(18)25-20)23-21(27)15-5-4-12-26(13-15)30(28,29)17-10-8-16(22)9-11-17/h2-3,6-11,14-15H,4-5,12-13H2,1H3,(H,23,27)(H,24,25). The van der Waals surface area contributed by atoms with Crippen molar-refractivity contribution in [3.63, 3.8) is 0 Å². The topological polar surface area (TPSA) is 95.2 Å². The van der Waals surface area contributed by atoms with Gasteiger partial charge in [0.05, 0.1) is 27.9 Å². The van der Waals surface area contributed by atoms with Crippen molar-refractivity contribution in [2.24, 2.45) is 5.92 Å². The molecule has 2 aromatic carbocycles. The molecule has 0 saturated carbocycles. The van der Waals surface area contributed by atoms with Crippen LogP contribution in [0.3, 0.4) is 0 Å². The van der Waals surface area contributed by atoms with Gasteiger partial charge < -0.3 is 10.3 Å². The summed E-state index contributed by atoms with van der Waals surface area (Å²) in [6, 6.07) is 13.4. The molecule has 0 bridgehead atoms. The largest absolute Gasteiger partial charge is 0.346 e. The van der Waals surface area contributed by atoms with E-state index in [0.717, 1.165) is 11.0 Å². The molecule has 3 aromatic rings. The van der Waals surface area contributed by atoms with Crippen LogP contribution < -0.4 is 5.32 Å². The van der Waals surface area contributed by atoms with Crippen molar-refractivity contribution in [1.29, 1.82) is 0 Å². The van der Waals surface area contributed by atoms with E-state index < -0.39 is 15.9 Å². The molecule has 1 amide bonds. The molecule has 1 aliphatic rings. The van der Waals surface area contributed by atoms with Gasteiger partial charge in [0, 0.05) is 18.1 Å². The number of fused-ring (bicyclic) bond motifs is 1. The first-order valence-corrected chi connectivity index (χ1v) is 11.7. The van der Waals surface area contributed by atoms with E-state index in [1.807, 2.05) is 31.2 Å². The maximum absolute atomic E-state index is 12.9. The summed E-state index contributed by atoms with van der Waals surface area (Å²) in [4.78, 5) is 20.8. The Morgan fingerprint density at radius 1 is 1.23 bits per heavy atom. The van der Waals surface area contributed by atoms with E-state index in [9.17, 15) is 13.2 Å². The minimum Gasteiger partial charge on any atom is -0.346 e. The van der Waals surface area contributed by atoms with E-state index in [1.165, 1.54) is 16.4 Å². The molecule has 1 aliphatic heterocycles. The SMILES string of the molecule is CC(NC(=O)C1CCCN(S(=O)(=O)c2ccc(Cl)cc2)C1)c1nc2ccccc2[nH]1. The zero-order valence-corrected chi connectivity index (χ0v) is 18.1. The van der Waals surface area contributed by atoms with Crippen LogP contribution in [0.1, 0.15) is 31.6 Å². The van der Waals surface area contributed by atoms with Crippen molar-refractivity contribution in [3.05, 3.63) is 59.4 Å². The number of nitrogens with zero attached hydrogens (tertiary/aromatic N) is 2. The van der Waals surface area contributed by atoms with Crippen LogP contribution in [-0.2, 0) is 14.8 Å². The lowest BCUT2D eigenvalue weighted by atomic mass is 9.98. The van der Waals surface area contributed by atoms with Crippen LogP contribution in [0.15, 0.2) is 53.4 Å². The molecule has 1 saturated heterocycles. The number of carbonyl (C=O) groups is 1. The number of aromatic amines is 1. The van der Waals surface area contributed by atoms with Crippen molar-refractivity contribution < 1.29 is 13.2 Å². The maximum Gasteiger partial charge on any atom is 0.243 e. The molecule has 2 atom stereocenters. The Bertz CT molecular complexity index is 1130. The number of H-pyrrole nitrogens is 1. The second-order valence-electron chi connectivity index (χ2n) is 7.53. The fraction of sp³-hybridized carbons (Fsp3) is 0.333. The summed E-state index contributed by atoms with van der Waals surface area (Å²) >= 11 is 5.87.